The second-order valence-corrected chi connectivity index (χ2v) is 6.95. The molecule has 1 aromatic carbocycles. The first-order valence-electron chi connectivity index (χ1n) is 8.06. The van der Waals surface area contributed by atoms with E-state index in [4.69, 9.17) is 16.3 Å². The van der Waals surface area contributed by atoms with E-state index in [-0.39, 0.29) is 22.6 Å². The maximum Gasteiger partial charge on any atom is 0.262 e. The Hall–Kier alpha value is -2.12. The number of hydrogen-bond acceptors (Lipinski definition) is 3. The van der Waals surface area contributed by atoms with Gasteiger partial charge in [0.05, 0.1) is 12.3 Å². The van der Waals surface area contributed by atoms with Crippen LogP contribution in [0.3, 0.4) is 0 Å². The maximum absolute atomic E-state index is 15.6. The van der Waals surface area contributed by atoms with E-state index in [2.05, 4.69) is 10.3 Å². The van der Waals surface area contributed by atoms with Crippen LogP contribution in [0.15, 0.2) is 30.5 Å². The molecule has 26 heavy (non-hydrogen) atoms. The third-order valence-electron chi connectivity index (χ3n) is 4.92. The minimum Gasteiger partial charge on any atom is -0.363 e. The van der Waals surface area contributed by atoms with E-state index in [1.165, 1.54) is 12.3 Å². The number of aromatic nitrogens is 1. The summed E-state index contributed by atoms with van der Waals surface area (Å²) in [4.78, 5) is 16.7. The first kappa shape index (κ1) is 17.3. The summed E-state index contributed by atoms with van der Waals surface area (Å²) in [5, 5.41) is 2.20. The van der Waals surface area contributed by atoms with Gasteiger partial charge < -0.3 is 10.1 Å². The van der Waals surface area contributed by atoms with Gasteiger partial charge in [-0.3, -0.25) is 9.78 Å². The summed E-state index contributed by atoms with van der Waals surface area (Å²) >= 11 is 5.57. The molecule has 2 aromatic rings. The number of fused-ring (bicyclic) bond motifs is 2. The van der Waals surface area contributed by atoms with Crippen molar-refractivity contribution in [3.05, 3.63) is 63.9 Å². The number of halogens is 4. The van der Waals surface area contributed by atoms with Crippen molar-refractivity contribution in [2.45, 2.75) is 30.7 Å². The number of epoxide rings is 1. The predicted molar refractivity (Wildman–Crippen MR) is 87.1 cm³/mol. The Morgan fingerprint density at radius 3 is 2.65 bits per heavy atom. The summed E-state index contributed by atoms with van der Waals surface area (Å²) in [6.45, 7) is -0.0491. The Labute approximate surface area is 152 Å². The van der Waals surface area contributed by atoms with Crippen LogP contribution in [-0.4, -0.2) is 17.5 Å². The molecule has 8 heteroatoms. The van der Waals surface area contributed by atoms with Crippen molar-refractivity contribution in [3.8, 4) is 0 Å². The minimum absolute atomic E-state index is 0.0941. The SMILES string of the molecule is O=C(NCc1c(F)cc(Cl)cc1F)[C@]1(F)CC[C@@]2(CO2)c2ncccc21. The standard InChI is InChI=1S/C18H14ClF3N2O2/c19-10-6-13(20)11(14(21)7-10)8-24-16(25)18(22)4-3-17(9-26-17)15-12(18)2-1-5-23-15/h1-2,5-7H,3-4,8-9H2,(H,24,25)/t17-,18+/m1/s1. The van der Waals surface area contributed by atoms with Gasteiger partial charge in [-0.15, -0.1) is 0 Å². The van der Waals surface area contributed by atoms with Gasteiger partial charge >= 0.3 is 0 Å². The monoisotopic (exact) mass is 382 g/mol. The van der Waals surface area contributed by atoms with Gasteiger partial charge in [-0.2, -0.15) is 0 Å². The number of pyridine rings is 1. The average Bonchev–Trinajstić information content (AvgIpc) is 3.38. The summed E-state index contributed by atoms with van der Waals surface area (Å²) in [5.41, 5.74) is -2.78. The number of alkyl halides is 1. The number of hydrogen-bond donors (Lipinski definition) is 1. The van der Waals surface area contributed by atoms with Crippen molar-refractivity contribution in [1.82, 2.24) is 10.3 Å². The van der Waals surface area contributed by atoms with Crippen LogP contribution >= 0.6 is 11.6 Å². The van der Waals surface area contributed by atoms with Crippen LogP contribution in [0.1, 0.15) is 29.7 Å². The first-order valence-corrected chi connectivity index (χ1v) is 8.44. The maximum atomic E-state index is 15.6. The van der Waals surface area contributed by atoms with Gasteiger partial charge in [0.1, 0.15) is 17.2 Å². The van der Waals surface area contributed by atoms with Crippen LogP contribution < -0.4 is 5.32 Å². The molecule has 1 aromatic heterocycles. The number of carbonyl (C=O) groups is 1. The fourth-order valence-corrected chi connectivity index (χ4v) is 3.56. The topological polar surface area (TPSA) is 54.5 Å². The van der Waals surface area contributed by atoms with E-state index < -0.39 is 35.4 Å². The molecule has 136 valence electrons. The zero-order valence-electron chi connectivity index (χ0n) is 13.5. The van der Waals surface area contributed by atoms with Crippen LogP contribution in [0.5, 0.6) is 0 Å². The Morgan fingerprint density at radius 1 is 1.31 bits per heavy atom. The highest BCUT2D eigenvalue weighted by atomic mass is 35.5. The molecule has 1 aliphatic carbocycles. The lowest BCUT2D eigenvalue weighted by Crippen LogP contribution is -2.45. The van der Waals surface area contributed by atoms with Crippen molar-refractivity contribution < 1.29 is 22.7 Å². The molecule has 2 aliphatic rings. The van der Waals surface area contributed by atoms with Gasteiger partial charge in [-0.1, -0.05) is 17.7 Å². The fourth-order valence-electron chi connectivity index (χ4n) is 3.37. The van der Waals surface area contributed by atoms with Gasteiger partial charge in [-0.25, -0.2) is 13.2 Å². The van der Waals surface area contributed by atoms with Gasteiger partial charge in [0.25, 0.3) is 5.91 Å². The van der Waals surface area contributed by atoms with Crippen LogP contribution in [0, 0.1) is 11.6 Å². The molecule has 0 saturated carbocycles. The number of benzene rings is 1. The molecular formula is C18H14ClF3N2O2. The second-order valence-electron chi connectivity index (χ2n) is 6.51. The van der Waals surface area contributed by atoms with Gasteiger partial charge in [-0.05, 0) is 31.0 Å². The highest BCUT2D eigenvalue weighted by Crippen LogP contribution is 2.53. The molecule has 4 nitrogen and oxygen atoms in total. The number of nitrogens with zero attached hydrogens (tertiary/aromatic N) is 1. The van der Waals surface area contributed by atoms with E-state index in [1.807, 2.05) is 0 Å². The molecule has 1 amide bonds. The van der Waals surface area contributed by atoms with Crippen molar-refractivity contribution in [1.29, 1.82) is 0 Å². The third-order valence-corrected chi connectivity index (χ3v) is 5.14. The molecule has 4 rings (SSSR count). The average molecular weight is 383 g/mol. The van der Waals surface area contributed by atoms with Crippen molar-refractivity contribution in [3.63, 3.8) is 0 Å². The minimum atomic E-state index is -2.33. The first-order chi connectivity index (χ1) is 12.4. The number of carbonyl (C=O) groups excluding carboxylic acids is 1. The molecule has 1 fully saturated rings. The Morgan fingerprint density at radius 2 is 2.00 bits per heavy atom. The molecule has 1 saturated heterocycles. The highest BCUT2D eigenvalue weighted by molar-refractivity contribution is 6.30. The van der Waals surface area contributed by atoms with Gasteiger partial charge in [0.15, 0.2) is 0 Å². The van der Waals surface area contributed by atoms with Crippen LogP contribution in [0.2, 0.25) is 5.02 Å². The Balaban J connectivity index is 1.59. The van der Waals surface area contributed by atoms with Crippen molar-refractivity contribution in [2.24, 2.45) is 0 Å². The lowest BCUT2D eigenvalue weighted by atomic mass is 9.77. The zero-order chi connectivity index (χ0) is 18.5. The van der Waals surface area contributed by atoms with E-state index >= 15 is 4.39 Å². The predicted octanol–water partition coefficient (Wildman–Crippen LogP) is 3.51. The quantitative estimate of drug-likeness (QED) is 0.826. The number of rotatable bonds is 3. The van der Waals surface area contributed by atoms with Crippen LogP contribution in [0.4, 0.5) is 13.2 Å². The van der Waals surface area contributed by atoms with E-state index in [0.29, 0.717) is 18.7 Å². The molecule has 0 bridgehead atoms. The molecule has 2 atom stereocenters. The normalized spacial score (nSPS) is 26.5. The van der Waals surface area contributed by atoms with Crippen LogP contribution in [-0.2, 0) is 27.3 Å². The second kappa shape index (κ2) is 5.96. The number of ether oxygens (including phenoxy) is 1. The molecule has 0 unspecified atom stereocenters. The molecule has 2 heterocycles. The summed E-state index contributed by atoms with van der Waals surface area (Å²) in [6, 6.07) is 4.91. The lowest BCUT2D eigenvalue weighted by molar-refractivity contribution is -0.135. The molecule has 1 N–H and O–H groups in total. The summed E-state index contributed by atoms with van der Waals surface area (Å²) in [5.74, 6) is -2.77. The number of nitrogens with one attached hydrogen (secondary N) is 1. The molecule has 0 radical (unpaired) electrons. The van der Waals surface area contributed by atoms with Crippen LogP contribution in [0.25, 0.3) is 0 Å². The fraction of sp³-hybridized carbons (Fsp3) is 0.333. The van der Waals surface area contributed by atoms with Gasteiger partial charge in [0.2, 0.25) is 5.67 Å². The van der Waals surface area contributed by atoms with Gasteiger partial charge in [0, 0.05) is 28.9 Å². The Bertz CT molecular complexity index is 881. The highest BCUT2D eigenvalue weighted by Gasteiger charge is 2.58. The molecule has 1 aliphatic heterocycles. The van der Waals surface area contributed by atoms with E-state index in [9.17, 15) is 13.6 Å². The smallest absolute Gasteiger partial charge is 0.262 e. The summed E-state index contributed by atoms with van der Waals surface area (Å²) in [7, 11) is 0. The van der Waals surface area contributed by atoms with Crippen molar-refractivity contribution >= 4 is 17.5 Å². The largest absolute Gasteiger partial charge is 0.363 e. The Kier molecular flexibility index (Phi) is 3.96. The third kappa shape index (κ3) is 2.66. The van der Waals surface area contributed by atoms with E-state index in [0.717, 1.165) is 12.1 Å². The van der Waals surface area contributed by atoms with E-state index in [1.54, 1.807) is 6.07 Å². The molecule has 1 spiro atoms. The number of amides is 1. The zero-order valence-corrected chi connectivity index (χ0v) is 14.2. The molecular weight excluding hydrogens is 369 g/mol. The van der Waals surface area contributed by atoms with Crippen molar-refractivity contribution in [2.75, 3.05) is 6.61 Å². The summed E-state index contributed by atoms with van der Waals surface area (Å²) in [6.07, 6.45) is 1.73. The summed E-state index contributed by atoms with van der Waals surface area (Å²) < 4.78 is 48.7. The lowest BCUT2D eigenvalue weighted by Gasteiger charge is -2.33.